The molecule has 12 nitrogen and oxygen atoms in total. The van der Waals surface area contributed by atoms with E-state index in [-0.39, 0.29) is 30.8 Å². The normalized spacial score (nSPS) is 13.5. The summed E-state index contributed by atoms with van der Waals surface area (Å²) in [5.74, 6) is 0.157. The highest BCUT2D eigenvalue weighted by atomic mass is 33.1. The van der Waals surface area contributed by atoms with Crippen LogP contribution in [0.4, 0.5) is 0 Å². The first-order chi connectivity index (χ1) is 19.7. The average Bonchev–Trinajstić information content (AvgIpc) is 2.96. The largest absolute Gasteiger partial charge is 0.463 e. The Kier molecular flexibility index (Phi) is 16.2. The average molecular weight is 636 g/mol. The number of ether oxygens (including phenoxy) is 2. The summed E-state index contributed by atoms with van der Waals surface area (Å²) in [4.78, 5) is 62.3. The summed E-state index contributed by atoms with van der Waals surface area (Å²) in [6.45, 7) is 10.7. The van der Waals surface area contributed by atoms with Crippen molar-refractivity contribution in [1.29, 1.82) is 0 Å². The van der Waals surface area contributed by atoms with Crippen molar-refractivity contribution in [2.75, 3.05) is 18.1 Å². The molecule has 1 aromatic rings. The monoisotopic (exact) mass is 635 g/mol. The topological polar surface area (TPSA) is 159 Å². The number of carbonyl (C=O) groups is 2. The van der Waals surface area contributed by atoms with E-state index in [1.54, 1.807) is 0 Å². The van der Waals surface area contributed by atoms with Crippen LogP contribution in [0.15, 0.2) is 14.4 Å². The van der Waals surface area contributed by atoms with E-state index in [9.17, 15) is 34.2 Å². The molecule has 0 aliphatic rings. The highest BCUT2D eigenvalue weighted by molar-refractivity contribution is 8.76. The lowest BCUT2D eigenvalue weighted by molar-refractivity contribution is -0.158. The van der Waals surface area contributed by atoms with Crippen LogP contribution in [0.1, 0.15) is 86.5 Å². The summed E-state index contributed by atoms with van der Waals surface area (Å²) in [5, 5.41) is 21.0. The van der Waals surface area contributed by atoms with Crippen LogP contribution in [0, 0.1) is 5.41 Å². The standard InChI is InChI=1S/C28H49N3O9S2/c1-8-27(5,9-2)16-20(32)17-30-24(36)29(7)25(37)31(26(30)38)18-21(33)19-39-22(34)12-14-41-42-15-13-23(35)40-28(6,10-3)11-4/h20-21,32-33H,8-19H2,1-7H3. The third-order valence-electron chi connectivity index (χ3n) is 7.87. The molecule has 1 rings (SSSR count). The van der Waals surface area contributed by atoms with Crippen molar-refractivity contribution in [1.82, 2.24) is 13.7 Å². The molecule has 0 aliphatic carbocycles. The third-order valence-corrected chi connectivity index (χ3v) is 10.3. The second kappa shape index (κ2) is 17.9. The van der Waals surface area contributed by atoms with Crippen LogP contribution in [-0.4, -0.2) is 71.8 Å². The van der Waals surface area contributed by atoms with Gasteiger partial charge in [0.05, 0.1) is 32.0 Å². The summed E-state index contributed by atoms with van der Waals surface area (Å²) in [6, 6.07) is 0. The zero-order valence-electron chi connectivity index (χ0n) is 26.1. The van der Waals surface area contributed by atoms with Crippen molar-refractivity contribution < 1.29 is 29.3 Å². The van der Waals surface area contributed by atoms with Crippen molar-refractivity contribution in [3.63, 3.8) is 0 Å². The van der Waals surface area contributed by atoms with E-state index < -0.39 is 54.0 Å². The van der Waals surface area contributed by atoms with E-state index in [1.807, 2.05) is 41.5 Å². The van der Waals surface area contributed by atoms with Gasteiger partial charge in [-0.15, -0.1) is 0 Å². The molecule has 0 saturated carbocycles. The number of carbonyl (C=O) groups excluding carboxylic acids is 2. The SMILES string of the molecule is CCC(C)(CC)CC(O)Cn1c(=O)n(C)c(=O)n(CC(O)COC(=O)CCSSCCC(=O)OC(C)(CC)CC)c1=O. The Bertz CT molecular complexity index is 1190. The van der Waals surface area contributed by atoms with Gasteiger partial charge >= 0.3 is 29.0 Å². The Morgan fingerprint density at radius 2 is 1.26 bits per heavy atom. The maximum absolute atomic E-state index is 13.0. The molecule has 0 aliphatic heterocycles. The first kappa shape index (κ1) is 38.0. The molecule has 0 saturated heterocycles. The van der Waals surface area contributed by atoms with E-state index in [2.05, 4.69) is 0 Å². The molecule has 242 valence electrons. The van der Waals surface area contributed by atoms with E-state index in [1.165, 1.54) is 28.6 Å². The number of hydrogen-bond acceptors (Lipinski definition) is 11. The second-order valence-electron chi connectivity index (χ2n) is 11.1. The van der Waals surface area contributed by atoms with E-state index in [0.717, 1.165) is 34.8 Å². The van der Waals surface area contributed by atoms with Gasteiger partial charge in [-0.25, -0.2) is 28.1 Å². The molecule has 0 radical (unpaired) electrons. The lowest BCUT2D eigenvalue weighted by atomic mass is 9.79. The number of aliphatic hydroxyl groups is 2. The molecule has 0 bridgehead atoms. The zero-order valence-corrected chi connectivity index (χ0v) is 27.7. The van der Waals surface area contributed by atoms with Gasteiger partial charge in [0.15, 0.2) is 0 Å². The molecule has 0 fully saturated rings. The third kappa shape index (κ3) is 11.9. The minimum absolute atomic E-state index is 0.0670. The predicted octanol–water partition coefficient (Wildman–Crippen LogP) is 2.47. The number of esters is 2. The maximum atomic E-state index is 13.0. The smallest absolute Gasteiger partial charge is 0.336 e. The van der Waals surface area contributed by atoms with Crippen LogP contribution < -0.4 is 17.1 Å². The van der Waals surface area contributed by atoms with Crippen LogP contribution in [0.5, 0.6) is 0 Å². The van der Waals surface area contributed by atoms with Gasteiger partial charge in [0.2, 0.25) is 0 Å². The highest BCUT2D eigenvalue weighted by Crippen LogP contribution is 2.31. The van der Waals surface area contributed by atoms with Crippen molar-refractivity contribution in [2.24, 2.45) is 12.5 Å². The predicted molar refractivity (Wildman–Crippen MR) is 166 cm³/mol. The van der Waals surface area contributed by atoms with E-state index in [0.29, 0.717) is 22.5 Å². The molecule has 42 heavy (non-hydrogen) atoms. The molecule has 14 heteroatoms. The number of nitrogens with zero attached hydrogens (tertiary/aromatic N) is 3. The molecule has 2 atom stereocenters. The van der Waals surface area contributed by atoms with Gasteiger partial charge in [0.1, 0.15) is 18.3 Å². The molecule has 2 N–H and O–H groups in total. The lowest BCUT2D eigenvalue weighted by Crippen LogP contribution is -2.55. The van der Waals surface area contributed by atoms with Gasteiger partial charge in [-0.3, -0.25) is 9.59 Å². The minimum Gasteiger partial charge on any atom is -0.463 e. The van der Waals surface area contributed by atoms with Gasteiger partial charge in [0, 0.05) is 18.6 Å². The fourth-order valence-corrected chi connectivity index (χ4v) is 6.00. The van der Waals surface area contributed by atoms with Crippen LogP contribution in [0.2, 0.25) is 0 Å². The Morgan fingerprint density at radius 1 is 0.786 bits per heavy atom. The van der Waals surface area contributed by atoms with Gasteiger partial charge in [0.25, 0.3) is 0 Å². The number of hydrogen-bond donors (Lipinski definition) is 2. The summed E-state index contributed by atoms with van der Waals surface area (Å²) in [7, 11) is 4.07. The van der Waals surface area contributed by atoms with Crippen LogP contribution >= 0.6 is 21.6 Å². The number of aromatic nitrogens is 3. The van der Waals surface area contributed by atoms with Crippen LogP contribution in [-0.2, 0) is 39.2 Å². The molecule has 2 unspecified atom stereocenters. The van der Waals surface area contributed by atoms with Gasteiger partial charge < -0.3 is 19.7 Å². The minimum atomic E-state index is -1.37. The fraction of sp³-hybridized carbons (Fsp3) is 0.821. The first-order valence-electron chi connectivity index (χ1n) is 14.5. The van der Waals surface area contributed by atoms with Gasteiger partial charge in [-0.2, -0.15) is 0 Å². The Hall–Kier alpha value is -2.03. The second-order valence-corrected chi connectivity index (χ2v) is 13.8. The number of aliphatic hydroxyl groups excluding tert-OH is 2. The molecule has 1 aromatic heterocycles. The zero-order chi connectivity index (χ0) is 32.1. The fourth-order valence-electron chi connectivity index (χ4n) is 4.06. The Morgan fingerprint density at radius 3 is 1.74 bits per heavy atom. The summed E-state index contributed by atoms with van der Waals surface area (Å²) >= 11 is 0. The maximum Gasteiger partial charge on any atom is 0.336 e. The molecule has 1 heterocycles. The Balaban J connectivity index is 2.60. The van der Waals surface area contributed by atoms with Gasteiger partial charge in [-0.05, 0) is 31.6 Å². The van der Waals surface area contributed by atoms with Crippen molar-refractivity contribution >= 4 is 33.5 Å². The molecule has 0 spiro atoms. The first-order valence-corrected chi connectivity index (χ1v) is 17.0. The highest BCUT2D eigenvalue weighted by Gasteiger charge is 2.26. The molecular formula is C28H49N3O9S2. The van der Waals surface area contributed by atoms with Crippen LogP contribution in [0.3, 0.4) is 0 Å². The quantitative estimate of drug-likeness (QED) is 0.123. The van der Waals surface area contributed by atoms with Gasteiger partial charge in [-0.1, -0.05) is 69.0 Å². The van der Waals surface area contributed by atoms with Crippen LogP contribution in [0.25, 0.3) is 0 Å². The summed E-state index contributed by atoms with van der Waals surface area (Å²) in [5.41, 5.74) is -3.34. The summed E-state index contributed by atoms with van der Waals surface area (Å²) < 4.78 is 12.8. The van der Waals surface area contributed by atoms with Crippen molar-refractivity contribution in [2.45, 2.75) is 117 Å². The molecule has 0 aromatic carbocycles. The van der Waals surface area contributed by atoms with E-state index >= 15 is 0 Å². The van der Waals surface area contributed by atoms with E-state index in [4.69, 9.17) is 9.47 Å². The summed E-state index contributed by atoms with van der Waals surface area (Å²) in [6.07, 6.45) is 1.46. The van der Waals surface area contributed by atoms with Crippen molar-refractivity contribution in [3.05, 3.63) is 31.5 Å². The van der Waals surface area contributed by atoms with Crippen molar-refractivity contribution in [3.8, 4) is 0 Å². The lowest BCUT2D eigenvalue weighted by Gasteiger charge is -2.29. The Labute approximate surface area is 255 Å². The molecular weight excluding hydrogens is 586 g/mol. The number of rotatable bonds is 20. The molecule has 0 amide bonds.